The van der Waals surface area contributed by atoms with Gasteiger partial charge in [0.2, 0.25) is 0 Å². The number of imidazole rings is 1. The van der Waals surface area contributed by atoms with Crippen LogP contribution in [0.4, 0.5) is 0 Å². The molecule has 2 nitrogen and oxygen atoms in total. The van der Waals surface area contributed by atoms with Gasteiger partial charge in [-0.25, -0.2) is 4.57 Å². The van der Waals surface area contributed by atoms with Gasteiger partial charge in [0, 0.05) is 12.8 Å². The lowest BCUT2D eigenvalue weighted by molar-refractivity contribution is -0.692. The first kappa shape index (κ1) is 9.29. The number of nitrogens with zero attached hydrogens (tertiary/aromatic N) is 2. The monoisotopic (exact) mass is 256 g/mol. The van der Waals surface area contributed by atoms with Gasteiger partial charge in [0.05, 0.1) is 6.54 Å². The topological polar surface area (TPSA) is 8.81 Å². The Hall–Kier alpha value is 0.290. The maximum Gasteiger partial charge on any atom is 0.255 e. The van der Waals surface area contributed by atoms with E-state index in [2.05, 4.69) is 19.7 Å². The lowest BCUT2D eigenvalue weighted by Crippen LogP contribution is -3.00. The minimum absolute atomic E-state index is 0. The summed E-state index contributed by atoms with van der Waals surface area (Å²) in [6.07, 6.45) is 5.79. The van der Waals surface area contributed by atoms with Crippen LogP contribution in [0.15, 0.2) is 18.7 Å². The Bertz CT molecular complexity index is 175. The average molecular weight is 256 g/mol. The van der Waals surface area contributed by atoms with Gasteiger partial charge in [-0.05, 0) is 6.92 Å². The molecule has 1 aromatic rings. The van der Waals surface area contributed by atoms with Gasteiger partial charge >= 0.3 is 0 Å². The maximum absolute atomic E-state index is 4.06. The second-order valence-electron chi connectivity index (χ2n) is 1.62. The molecule has 0 unspecified atom stereocenters. The van der Waals surface area contributed by atoms with Crippen LogP contribution in [0.3, 0.4) is 0 Å². The SMILES string of the molecule is CC[n+]1ccn(S)c1.[I-]. The molecule has 0 radical (unpaired) electrons. The van der Waals surface area contributed by atoms with Crippen molar-refractivity contribution in [3.63, 3.8) is 0 Å². The van der Waals surface area contributed by atoms with Crippen molar-refractivity contribution < 1.29 is 28.5 Å². The zero-order valence-corrected chi connectivity index (χ0v) is 8.21. The molecule has 0 amide bonds. The normalized spacial score (nSPS) is 8.67. The number of aromatic nitrogens is 2. The van der Waals surface area contributed by atoms with Crippen LogP contribution in [-0.4, -0.2) is 3.97 Å². The predicted molar refractivity (Wildman–Crippen MR) is 34.7 cm³/mol. The summed E-state index contributed by atoms with van der Waals surface area (Å²) in [7, 11) is 0. The molecule has 0 fully saturated rings. The van der Waals surface area contributed by atoms with Crippen LogP contribution >= 0.6 is 12.8 Å². The molecular formula is C5H9IN2S. The fourth-order valence-electron chi connectivity index (χ4n) is 0.570. The number of hydrogen-bond donors (Lipinski definition) is 1. The maximum atomic E-state index is 4.06. The van der Waals surface area contributed by atoms with E-state index in [1.54, 1.807) is 3.97 Å². The molecule has 0 spiro atoms. The Morgan fingerprint density at radius 1 is 1.67 bits per heavy atom. The largest absolute Gasteiger partial charge is 1.00 e. The van der Waals surface area contributed by atoms with Crippen molar-refractivity contribution in [3.05, 3.63) is 18.7 Å². The number of aryl methyl sites for hydroxylation is 1. The Kier molecular flexibility index (Phi) is 4.29. The van der Waals surface area contributed by atoms with Gasteiger partial charge < -0.3 is 24.0 Å². The smallest absolute Gasteiger partial charge is 0.255 e. The van der Waals surface area contributed by atoms with Gasteiger partial charge in [0.25, 0.3) is 6.33 Å². The van der Waals surface area contributed by atoms with E-state index in [9.17, 15) is 0 Å². The van der Waals surface area contributed by atoms with E-state index in [4.69, 9.17) is 0 Å². The first-order valence-corrected chi connectivity index (χ1v) is 2.99. The van der Waals surface area contributed by atoms with Gasteiger partial charge in [0.1, 0.15) is 12.4 Å². The molecule has 4 heteroatoms. The van der Waals surface area contributed by atoms with Crippen molar-refractivity contribution in [1.29, 1.82) is 0 Å². The lowest BCUT2D eigenvalue weighted by atomic mass is 10.7. The van der Waals surface area contributed by atoms with E-state index in [1.165, 1.54) is 0 Å². The van der Waals surface area contributed by atoms with Crippen LogP contribution in [-0.2, 0) is 6.54 Å². The van der Waals surface area contributed by atoms with Gasteiger partial charge in [-0.2, -0.15) is 3.97 Å². The van der Waals surface area contributed by atoms with Gasteiger partial charge in [-0.15, -0.1) is 0 Å². The molecule has 0 aliphatic rings. The summed E-state index contributed by atoms with van der Waals surface area (Å²) in [5.41, 5.74) is 0. The van der Waals surface area contributed by atoms with E-state index in [1.807, 2.05) is 23.3 Å². The highest BCUT2D eigenvalue weighted by atomic mass is 127. The van der Waals surface area contributed by atoms with Crippen LogP contribution in [0.25, 0.3) is 0 Å². The van der Waals surface area contributed by atoms with Crippen LogP contribution < -0.4 is 28.5 Å². The average Bonchev–Trinajstić information content (AvgIpc) is 2.14. The molecule has 1 rings (SSSR count). The van der Waals surface area contributed by atoms with Crippen molar-refractivity contribution in [2.75, 3.05) is 0 Å². The second kappa shape index (κ2) is 4.16. The third-order valence-corrected chi connectivity index (χ3v) is 1.28. The summed E-state index contributed by atoms with van der Waals surface area (Å²) < 4.78 is 3.77. The van der Waals surface area contributed by atoms with Crippen LogP contribution in [0.1, 0.15) is 6.92 Å². The van der Waals surface area contributed by atoms with Crippen molar-refractivity contribution in [2.24, 2.45) is 0 Å². The highest BCUT2D eigenvalue weighted by Gasteiger charge is 1.93. The summed E-state index contributed by atoms with van der Waals surface area (Å²) in [6, 6.07) is 0. The molecule has 1 heterocycles. The molecule has 1 aromatic heterocycles. The zero-order chi connectivity index (χ0) is 5.98. The molecule has 0 saturated carbocycles. The van der Waals surface area contributed by atoms with E-state index in [-0.39, 0.29) is 24.0 Å². The second-order valence-corrected chi connectivity index (χ2v) is 2.09. The molecule has 0 saturated heterocycles. The van der Waals surface area contributed by atoms with Crippen LogP contribution in [0.2, 0.25) is 0 Å². The number of rotatable bonds is 1. The number of thiol groups is 1. The Labute approximate surface area is 77.4 Å². The van der Waals surface area contributed by atoms with Gasteiger partial charge in [0.15, 0.2) is 0 Å². The number of halogens is 1. The molecule has 0 bridgehead atoms. The van der Waals surface area contributed by atoms with Crippen molar-refractivity contribution in [3.8, 4) is 0 Å². The standard InChI is InChI=1S/C5H9N2S.HI/c1-2-6-3-4-7(8)5-6;/h3-5,8H,2H2,1H3;1H/q+1;/p-1. The third kappa shape index (κ3) is 2.57. The summed E-state index contributed by atoms with van der Waals surface area (Å²) in [4.78, 5) is 0. The Morgan fingerprint density at radius 3 is 2.56 bits per heavy atom. The first-order chi connectivity index (χ1) is 3.83. The first-order valence-electron chi connectivity index (χ1n) is 2.59. The minimum atomic E-state index is 0. The molecule has 9 heavy (non-hydrogen) atoms. The molecule has 0 aromatic carbocycles. The van der Waals surface area contributed by atoms with E-state index >= 15 is 0 Å². The van der Waals surface area contributed by atoms with Gasteiger partial charge in [-0.1, -0.05) is 0 Å². The van der Waals surface area contributed by atoms with Crippen LogP contribution in [0.5, 0.6) is 0 Å². The number of hydrogen-bond acceptors (Lipinski definition) is 1. The van der Waals surface area contributed by atoms with Crippen LogP contribution in [0, 0.1) is 0 Å². The Morgan fingerprint density at radius 2 is 2.33 bits per heavy atom. The summed E-state index contributed by atoms with van der Waals surface area (Å²) >= 11 is 4.06. The quantitative estimate of drug-likeness (QED) is 0.323. The minimum Gasteiger partial charge on any atom is -1.00 e. The van der Waals surface area contributed by atoms with E-state index in [0.717, 1.165) is 6.54 Å². The van der Waals surface area contributed by atoms with Crippen molar-refractivity contribution >= 4 is 12.8 Å². The fourth-order valence-corrected chi connectivity index (χ4v) is 0.762. The highest BCUT2D eigenvalue weighted by molar-refractivity contribution is 7.78. The molecule has 0 atom stereocenters. The molecule has 52 valence electrons. The summed E-state index contributed by atoms with van der Waals surface area (Å²) in [6.45, 7) is 3.10. The highest BCUT2D eigenvalue weighted by Crippen LogP contribution is 1.82. The van der Waals surface area contributed by atoms with Crippen molar-refractivity contribution in [1.82, 2.24) is 3.97 Å². The zero-order valence-electron chi connectivity index (χ0n) is 5.16. The molecule has 0 N–H and O–H groups in total. The molecule has 0 aliphatic carbocycles. The van der Waals surface area contributed by atoms with Gasteiger partial charge in [-0.3, -0.25) is 0 Å². The third-order valence-electron chi connectivity index (χ3n) is 1.04. The Balaban J connectivity index is 0.000000640. The van der Waals surface area contributed by atoms with E-state index in [0.29, 0.717) is 0 Å². The predicted octanol–water partition coefficient (Wildman–Crippen LogP) is -2.51. The lowest BCUT2D eigenvalue weighted by Gasteiger charge is -1.80. The molecule has 0 aliphatic heterocycles. The summed E-state index contributed by atoms with van der Waals surface area (Å²) in [5, 5.41) is 0. The van der Waals surface area contributed by atoms with E-state index < -0.39 is 0 Å². The molecular weight excluding hydrogens is 247 g/mol. The fraction of sp³-hybridized carbons (Fsp3) is 0.400. The van der Waals surface area contributed by atoms with Crippen molar-refractivity contribution in [2.45, 2.75) is 13.5 Å². The summed E-state index contributed by atoms with van der Waals surface area (Å²) in [5.74, 6) is 0.